The van der Waals surface area contributed by atoms with Gasteiger partial charge in [0.2, 0.25) is 5.13 Å². The number of nitrogen functional groups attached to an aromatic ring is 1. The molecule has 0 aliphatic heterocycles. The van der Waals surface area contributed by atoms with Crippen molar-refractivity contribution in [2.45, 2.75) is 20.3 Å². The van der Waals surface area contributed by atoms with Gasteiger partial charge in [0, 0.05) is 13.5 Å². The molecule has 0 saturated heterocycles. The second-order valence-electron chi connectivity index (χ2n) is 4.63. The van der Waals surface area contributed by atoms with Crippen LogP contribution in [0.1, 0.15) is 29.3 Å². The van der Waals surface area contributed by atoms with Crippen LogP contribution < -0.4 is 11.1 Å². The molecule has 0 fully saturated rings. The lowest BCUT2D eigenvalue weighted by Crippen LogP contribution is -2.17. The van der Waals surface area contributed by atoms with Crippen molar-refractivity contribution in [1.82, 2.24) is 20.0 Å². The molecule has 0 radical (unpaired) electrons. The van der Waals surface area contributed by atoms with Crippen LogP contribution in [-0.4, -0.2) is 25.9 Å². The molecule has 2 heterocycles. The average molecular weight is 280 g/mol. The minimum absolute atomic E-state index is 0.320. The first kappa shape index (κ1) is 13.5. The first-order valence-electron chi connectivity index (χ1n) is 5.88. The van der Waals surface area contributed by atoms with Crippen molar-refractivity contribution in [3.8, 4) is 0 Å². The van der Waals surface area contributed by atoms with Crippen molar-refractivity contribution in [2.24, 2.45) is 13.0 Å². The van der Waals surface area contributed by atoms with Crippen molar-refractivity contribution in [2.75, 3.05) is 11.1 Å². The largest absolute Gasteiger partial charge is 0.396 e. The summed E-state index contributed by atoms with van der Waals surface area (Å²) in [6.45, 7) is 4.21. The zero-order valence-corrected chi connectivity index (χ0v) is 11.9. The second kappa shape index (κ2) is 5.35. The Labute approximate surface area is 114 Å². The van der Waals surface area contributed by atoms with Gasteiger partial charge < -0.3 is 5.73 Å². The molecule has 1 amide bonds. The first-order valence-corrected chi connectivity index (χ1v) is 6.70. The summed E-state index contributed by atoms with van der Waals surface area (Å²) in [4.78, 5) is 12.0. The molecule has 8 heteroatoms. The molecule has 0 aromatic carbocycles. The van der Waals surface area contributed by atoms with E-state index in [9.17, 15) is 4.79 Å². The fourth-order valence-electron chi connectivity index (χ4n) is 1.62. The van der Waals surface area contributed by atoms with Gasteiger partial charge in [-0.25, -0.2) is 0 Å². The monoisotopic (exact) mass is 280 g/mol. The smallest absolute Gasteiger partial charge is 0.277 e. The number of nitrogens with two attached hydrogens (primary N) is 1. The predicted molar refractivity (Wildman–Crippen MR) is 74.0 cm³/mol. The molecule has 0 unspecified atom stereocenters. The fraction of sp³-hybridized carbons (Fsp3) is 0.455. The van der Waals surface area contributed by atoms with Crippen LogP contribution in [0, 0.1) is 5.92 Å². The van der Waals surface area contributed by atoms with Crippen molar-refractivity contribution >= 4 is 28.1 Å². The molecular formula is C11H16N6OS. The summed E-state index contributed by atoms with van der Waals surface area (Å²) in [6.07, 6.45) is 2.29. The molecule has 0 bridgehead atoms. The molecule has 2 rings (SSSR count). The van der Waals surface area contributed by atoms with Gasteiger partial charge in [-0.3, -0.25) is 14.8 Å². The lowest BCUT2D eigenvalue weighted by Gasteiger charge is -2.02. The van der Waals surface area contributed by atoms with Crippen molar-refractivity contribution in [1.29, 1.82) is 0 Å². The van der Waals surface area contributed by atoms with E-state index in [1.807, 2.05) is 0 Å². The molecule has 102 valence electrons. The Hall–Kier alpha value is -1.96. The Morgan fingerprint density at radius 2 is 2.26 bits per heavy atom. The average Bonchev–Trinajstić information content (AvgIpc) is 2.85. The van der Waals surface area contributed by atoms with E-state index in [-0.39, 0.29) is 5.91 Å². The third kappa shape index (κ3) is 3.08. The van der Waals surface area contributed by atoms with Crippen LogP contribution in [0.3, 0.4) is 0 Å². The molecule has 3 N–H and O–H groups in total. The quantitative estimate of drug-likeness (QED) is 0.879. The highest BCUT2D eigenvalue weighted by atomic mass is 32.1. The van der Waals surface area contributed by atoms with Crippen LogP contribution in [0.4, 0.5) is 10.8 Å². The molecule has 0 atom stereocenters. The van der Waals surface area contributed by atoms with Gasteiger partial charge in [-0.15, -0.1) is 10.2 Å². The number of aromatic nitrogens is 4. The third-order valence-corrected chi connectivity index (χ3v) is 3.31. The molecule has 19 heavy (non-hydrogen) atoms. The highest BCUT2D eigenvalue weighted by molar-refractivity contribution is 7.15. The summed E-state index contributed by atoms with van der Waals surface area (Å²) in [5.41, 5.74) is 6.35. The van der Waals surface area contributed by atoms with E-state index >= 15 is 0 Å². The van der Waals surface area contributed by atoms with Gasteiger partial charge in [0.15, 0.2) is 0 Å². The summed E-state index contributed by atoms with van der Waals surface area (Å²) in [5, 5.41) is 16.0. The Balaban J connectivity index is 2.09. The van der Waals surface area contributed by atoms with Crippen LogP contribution in [-0.2, 0) is 13.5 Å². The van der Waals surface area contributed by atoms with Gasteiger partial charge in [-0.05, 0) is 5.92 Å². The predicted octanol–water partition coefficient (Wildman–Crippen LogP) is 1.30. The standard InChI is InChI=1S/C11H16N6OS/c1-6(2)4-8-15-16-11(19-8)14-10(18)9-7(12)5-13-17(9)3/h5-6H,4,12H2,1-3H3,(H,14,16,18). The Bertz CT molecular complexity index is 568. The minimum Gasteiger partial charge on any atom is -0.396 e. The van der Waals surface area contributed by atoms with Crippen LogP contribution in [0.15, 0.2) is 6.20 Å². The number of rotatable bonds is 4. The number of hydrogen-bond donors (Lipinski definition) is 2. The van der Waals surface area contributed by atoms with Crippen LogP contribution in [0.2, 0.25) is 0 Å². The third-order valence-electron chi connectivity index (χ3n) is 2.45. The lowest BCUT2D eigenvalue weighted by molar-refractivity contribution is 0.101. The highest BCUT2D eigenvalue weighted by Crippen LogP contribution is 2.19. The maximum absolute atomic E-state index is 12.0. The number of carbonyl (C=O) groups is 1. The number of carbonyl (C=O) groups excluding carboxylic acids is 1. The van der Waals surface area contributed by atoms with E-state index in [4.69, 9.17) is 5.73 Å². The summed E-state index contributed by atoms with van der Waals surface area (Å²) in [7, 11) is 1.66. The van der Waals surface area contributed by atoms with Gasteiger partial charge in [-0.2, -0.15) is 5.10 Å². The van der Waals surface area contributed by atoms with Gasteiger partial charge in [0.25, 0.3) is 5.91 Å². The minimum atomic E-state index is -0.329. The topological polar surface area (TPSA) is 98.7 Å². The summed E-state index contributed by atoms with van der Waals surface area (Å²) in [5.74, 6) is 0.175. The van der Waals surface area contributed by atoms with E-state index in [0.717, 1.165) is 11.4 Å². The number of aryl methyl sites for hydroxylation is 1. The van der Waals surface area contributed by atoms with Crippen LogP contribution in [0.5, 0.6) is 0 Å². The molecule has 0 aliphatic carbocycles. The van der Waals surface area contributed by atoms with Gasteiger partial charge >= 0.3 is 0 Å². The molecule has 2 aromatic heterocycles. The highest BCUT2D eigenvalue weighted by Gasteiger charge is 2.17. The summed E-state index contributed by atoms with van der Waals surface area (Å²) < 4.78 is 1.43. The van der Waals surface area contributed by atoms with Crippen molar-refractivity contribution in [3.63, 3.8) is 0 Å². The first-order chi connectivity index (χ1) is 8.97. The van der Waals surface area contributed by atoms with E-state index in [1.54, 1.807) is 7.05 Å². The number of anilines is 2. The maximum Gasteiger partial charge on any atom is 0.277 e. The Kier molecular flexibility index (Phi) is 3.79. The molecule has 2 aromatic rings. The second-order valence-corrected chi connectivity index (χ2v) is 5.69. The number of hydrogen-bond acceptors (Lipinski definition) is 6. The zero-order chi connectivity index (χ0) is 14.0. The molecule has 0 spiro atoms. The Morgan fingerprint density at radius 1 is 1.53 bits per heavy atom. The SMILES string of the molecule is CC(C)Cc1nnc(NC(=O)c2c(N)cnn2C)s1. The van der Waals surface area contributed by atoms with E-state index in [0.29, 0.717) is 22.4 Å². The van der Waals surface area contributed by atoms with E-state index in [1.165, 1.54) is 22.2 Å². The fourth-order valence-corrected chi connectivity index (χ4v) is 2.57. The van der Waals surface area contributed by atoms with Crippen molar-refractivity contribution in [3.05, 3.63) is 16.9 Å². The number of nitrogens with zero attached hydrogens (tertiary/aromatic N) is 4. The van der Waals surface area contributed by atoms with Gasteiger partial charge in [0.05, 0.1) is 11.9 Å². The molecule has 7 nitrogen and oxygen atoms in total. The summed E-state index contributed by atoms with van der Waals surface area (Å²) >= 11 is 1.37. The van der Waals surface area contributed by atoms with E-state index < -0.39 is 0 Å². The normalized spacial score (nSPS) is 10.9. The zero-order valence-electron chi connectivity index (χ0n) is 11.0. The molecule has 0 aliphatic rings. The van der Waals surface area contributed by atoms with Crippen molar-refractivity contribution < 1.29 is 4.79 Å². The maximum atomic E-state index is 12.0. The lowest BCUT2D eigenvalue weighted by atomic mass is 10.1. The van der Waals surface area contributed by atoms with Crippen LogP contribution >= 0.6 is 11.3 Å². The number of nitrogens with one attached hydrogen (secondary N) is 1. The molecular weight excluding hydrogens is 264 g/mol. The van der Waals surface area contributed by atoms with Gasteiger partial charge in [0.1, 0.15) is 10.7 Å². The van der Waals surface area contributed by atoms with Crippen LogP contribution in [0.25, 0.3) is 0 Å². The van der Waals surface area contributed by atoms with E-state index in [2.05, 4.69) is 34.5 Å². The van der Waals surface area contributed by atoms with Gasteiger partial charge in [-0.1, -0.05) is 25.2 Å². The molecule has 0 saturated carbocycles. The number of amides is 1. The Morgan fingerprint density at radius 3 is 2.84 bits per heavy atom. The summed E-state index contributed by atoms with van der Waals surface area (Å²) in [6, 6.07) is 0.